The van der Waals surface area contributed by atoms with E-state index in [0.717, 1.165) is 0 Å². The zero-order chi connectivity index (χ0) is 26.5. The third-order valence-electron chi connectivity index (χ3n) is 7.06. The number of ether oxygens (including phenoxy) is 1. The Hall–Kier alpha value is -3.56. The fraction of sp³-hybridized carbons (Fsp3) is 0.393. The van der Waals surface area contributed by atoms with Crippen LogP contribution < -0.4 is 15.1 Å². The summed E-state index contributed by atoms with van der Waals surface area (Å²) in [5, 5.41) is 2.97. The predicted octanol–water partition coefficient (Wildman–Crippen LogP) is 3.89. The molecular weight excluding hydrogens is 471 g/mol. The number of hydrogen-bond acceptors (Lipinski definition) is 7. The minimum atomic E-state index is -0.402. The maximum absolute atomic E-state index is 15.6. The first-order valence-electron chi connectivity index (χ1n) is 12.5. The van der Waals surface area contributed by atoms with Gasteiger partial charge in [-0.15, -0.1) is 0 Å². The molecule has 1 amide bonds. The van der Waals surface area contributed by atoms with E-state index in [2.05, 4.69) is 59.1 Å². The van der Waals surface area contributed by atoms with E-state index in [1.165, 1.54) is 18.2 Å². The van der Waals surface area contributed by atoms with Gasteiger partial charge in [0.15, 0.2) is 0 Å². The normalized spacial score (nSPS) is 21.0. The van der Waals surface area contributed by atoms with E-state index in [1.54, 1.807) is 24.5 Å². The number of likely N-dealkylation sites (N-methyl/N-ethyl adjacent to an activating group) is 1. The Morgan fingerprint density at radius 3 is 2.35 bits per heavy atom. The summed E-state index contributed by atoms with van der Waals surface area (Å²) in [6, 6.07) is 3.69. The lowest BCUT2D eigenvalue weighted by molar-refractivity contribution is -0.112. The maximum atomic E-state index is 15.6. The maximum Gasteiger partial charge on any atom is 0.255 e. The number of anilines is 3. The number of morpholine rings is 1. The fourth-order valence-electron chi connectivity index (χ4n) is 4.69. The highest BCUT2D eigenvalue weighted by molar-refractivity contribution is 6.07. The van der Waals surface area contributed by atoms with E-state index in [0.29, 0.717) is 73.4 Å². The van der Waals surface area contributed by atoms with Gasteiger partial charge in [0.1, 0.15) is 5.82 Å². The number of amides is 1. The number of carbonyl (C=O) groups excluding carboxylic acids is 1. The lowest BCUT2D eigenvalue weighted by atomic mass is 10.0. The van der Waals surface area contributed by atoms with E-state index < -0.39 is 5.82 Å². The van der Waals surface area contributed by atoms with Gasteiger partial charge in [-0.05, 0) is 33.0 Å². The van der Waals surface area contributed by atoms with Crippen LogP contribution in [0.5, 0.6) is 0 Å². The van der Waals surface area contributed by atoms with Crippen molar-refractivity contribution in [3.05, 3.63) is 67.3 Å². The van der Waals surface area contributed by atoms with Gasteiger partial charge in [0.2, 0.25) is 5.95 Å². The number of hydrogen-bond donors (Lipinski definition) is 1. The van der Waals surface area contributed by atoms with Gasteiger partial charge < -0.3 is 19.9 Å². The molecule has 37 heavy (non-hydrogen) atoms. The van der Waals surface area contributed by atoms with Gasteiger partial charge in [0.05, 0.1) is 24.6 Å². The van der Waals surface area contributed by atoms with Crippen molar-refractivity contribution in [1.29, 1.82) is 0 Å². The Morgan fingerprint density at radius 1 is 1.11 bits per heavy atom. The number of benzene rings is 1. The van der Waals surface area contributed by atoms with E-state index in [-0.39, 0.29) is 18.0 Å². The van der Waals surface area contributed by atoms with Crippen LogP contribution in [0, 0.1) is 5.82 Å². The lowest BCUT2D eigenvalue weighted by Crippen LogP contribution is -2.55. The Bertz CT molecular complexity index is 1160. The highest BCUT2D eigenvalue weighted by atomic mass is 19.1. The van der Waals surface area contributed by atoms with Gasteiger partial charge in [0, 0.05) is 67.4 Å². The number of halogens is 1. The average Bonchev–Trinajstić information content (AvgIpc) is 2.91. The highest BCUT2D eigenvalue weighted by Gasteiger charge is 2.29. The van der Waals surface area contributed by atoms with Crippen LogP contribution in [0.4, 0.5) is 21.7 Å². The van der Waals surface area contributed by atoms with Crippen LogP contribution in [0.25, 0.3) is 11.1 Å². The summed E-state index contributed by atoms with van der Waals surface area (Å²) < 4.78 is 21.0. The van der Waals surface area contributed by atoms with Crippen molar-refractivity contribution in [2.75, 3.05) is 61.6 Å². The molecule has 1 aromatic heterocycles. The van der Waals surface area contributed by atoms with Gasteiger partial charge >= 0.3 is 0 Å². The van der Waals surface area contributed by atoms with Crippen LogP contribution in [0.2, 0.25) is 0 Å². The topological polar surface area (TPSA) is 73.8 Å². The second kappa shape index (κ2) is 11.7. The van der Waals surface area contributed by atoms with Gasteiger partial charge in [0.25, 0.3) is 5.91 Å². The number of aromatic nitrogens is 2. The van der Waals surface area contributed by atoms with Crippen LogP contribution >= 0.6 is 0 Å². The summed E-state index contributed by atoms with van der Waals surface area (Å²) in [6.45, 7) is 15.8. The van der Waals surface area contributed by atoms with Gasteiger partial charge in [-0.25, -0.2) is 14.4 Å². The number of nitrogens with zero attached hydrogens (tertiary/aromatic N) is 5. The summed E-state index contributed by atoms with van der Waals surface area (Å²) in [4.78, 5) is 28.5. The van der Waals surface area contributed by atoms with Crippen molar-refractivity contribution in [3.8, 4) is 11.1 Å². The summed E-state index contributed by atoms with van der Waals surface area (Å²) in [5.74, 6) is -0.161. The van der Waals surface area contributed by atoms with Crippen molar-refractivity contribution in [1.82, 2.24) is 14.9 Å². The second-order valence-electron chi connectivity index (χ2n) is 9.50. The standard InChI is InChI=1S/C28H35FN6O2/c1-6-8-21(7-2)27(36)32-25-13-23(22-15-30-28(31-16-22)34-9-11-37-12-10-34)24(29)14-26(25)35-17-19(3)33(5)20(4)18-35/h6-8,13-16,19-20H,1-2,9-12,17-18H2,3-5H3,(H,32,36)/b21-8+/t19-,20+. The molecule has 8 nitrogen and oxygen atoms in total. The number of nitrogens with one attached hydrogen (secondary N) is 1. The molecule has 9 heteroatoms. The van der Waals surface area contributed by atoms with Gasteiger partial charge in [-0.3, -0.25) is 9.69 Å². The first-order chi connectivity index (χ1) is 17.8. The minimum absolute atomic E-state index is 0.264. The summed E-state index contributed by atoms with van der Waals surface area (Å²) in [6.07, 6.45) is 7.83. The molecule has 3 heterocycles. The molecule has 196 valence electrons. The Kier molecular flexibility index (Phi) is 8.35. The zero-order valence-electron chi connectivity index (χ0n) is 21.8. The summed E-state index contributed by atoms with van der Waals surface area (Å²) in [5.41, 5.74) is 2.36. The molecule has 0 aliphatic carbocycles. The molecular formula is C28H35FN6O2. The largest absolute Gasteiger partial charge is 0.378 e. The van der Waals surface area contributed by atoms with Crippen molar-refractivity contribution < 1.29 is 13.9 Å². The quantitative estimate of drug-likeness (QED) is 0.451. The van der Waals surface area contributed by atoms with Crippen molar-refractivity contribution >= 4 is 23.2 Å². The average molecular weight is 507 g/mol. The second-order valence-corrected chi connectivity index (χ2v) is 9.50. The molecule has 2 aliphatic rings. The lowest BCUT2D eigenvalue weighted by Gasteiger charge is -2.44. The Morgan fingerprint density at radius 2 is 1.76 bits per heavy atom. The van der Waals surface area contributed by atoms with Gasteiger partial charge in [-0.2, -0.15) is 0 Å². The highest BCUT2D eigenvalue weighted by Crippen LogP contribution is 2.36. The molecule has 0 unspecified atom stereocenters. The Labute approximate surface area is 218 Å². The van der Waals surface area contributed by atoms with E-state index in [9.17, 15) is 4.79 Å². The van der Waals surface area contributed by atoms with E-state index in [4.69, 9.17) is 4.74 Å². The molecule has 1 N–H and O–H groups in total. The van der Waals surface area contributed by atoms with Crippen LogP contribution in [0.15, 0.2) is 61.5 Å². The van der Waals surface area contributed by atoms with Crippen LogP contribution in [0.1, 0.15) is 13.8 Å². The van der Waals surface area contributed by atoms with Crippen molar-refractivity contribution in [3.63, 3.8) is 0 Å². The molecule has 0 spiro atoms. The number of rotatable bonds is 7. The molecule has 2 atom stereocenters. The monoisotopic (exact) mass is 506 g/mol. The molecule has 0 bridgehead atoms. The molecule has 2 saturated heterocycles. The molecule has 0 saturated carbocycles. The zero-order valence-corrected chi connectivity index (χ0v) is 21.8. The number of piperazine rings is 1. The van der Waals surface area contributed by atoms with Crippen molar-refractivity contribution in [2.45, 2.75) is 25.9 Å². The number of carbonyl (C=O) groups is 1. The molecule has 2 fully saturated rings. The minimum Gasteiger partial charge on any atom is -0.378 e. The smallest absolute Gasteiger partial charge is 0.255 e. The van der Waals surface area contributed by atoms with Crippen molar-refractivity contribution in [2.24, 2.45) is 0 Å². The molecule has 1 aromatic carbocycles. The van der Waals surface area contributed by atoms with Crippen LogP contribution in [-0.2, 0) is 9.53 Å². The SMILES string of the molecule is C=C/C=C(\C=C)C(=O)Nc1cc(-c2cnc(N3CCOCC3)nc2)c(F)cc1N1C[C@@H](C)N(C)[C@@H](C)C1. The van der Waals surface area contributed by atoms with Crippen LogP contribution in [-0.4, -0.2) is 79.3 Å². The Balaban J connectivity index is 1.71. The van der Waals surface area contributed by atoms with Crippen LogP contribution in [0.3, 0.4) is 0 Å². The summed E-state index contributed by atoms with van der Waals surface area (Å²) >= 11 is 0. The third kappa shape index (κ3) is 5.89. The van der Waals surface area contributed by atoms with E-state index in [1.807, 2.05) is 4.90 Å². The first-order valence-corrected chi connectivity index (χ1v) is 12.5. The van der Waals surface area contributed by atoms with Gasteiger partial charge in [-0.1, -0.05) is 31.4 Å². The van der Waals surface area contributed by atoms with E-state index >= 15 is 4.39 Å². The molecule has 2 aromatic rings. The molecule has 0 radical (unpaired) electrons. The first kappa shape index (κ1) is 26.5. The third-order valence-corrected chi connectivity index (χ3v) is 7.06. The predicted molar refractivity (Wildman–Crippen MR) is 146 cm³/mol. The summed E-state index contributed by atoms with van der Waals surface area (Å²) in [7, 11) is 2.09. The molecule has 2 aliphatic heterocycles. The fourth-order valence-corrected chi connectivity index (χ4v) is 4.69. The number of allylic oxidation sites excluding steroid dienone is 2. The molecule has 4 rings (SSSR count).